The van der Waals surface area contributed by atoms with Crippen LogP contribution in [0.4, 0.5) is 10.5 Å². The quantitative estimate of drug-likeness (QED) is 0.429. The maximum atomic E-state index is 12.1. The number of carbonyl (C=O) groups excluding carboxylic acids is 1. The zero-order valence-electron chi connectivity index (χ0n) is 20.9. The molecule has 2 fully saturated rings. The zero-order valence-corrected chi connectivity index (χ0v) is 20.9. The number of benzene rings is 2. The smallest absolute Gasteiger partial charge is 0.409 e. The second-order valence-electron chi connectivity index (χ2n) is 9.41. The summed E-state index contributed by atoms with van der Waals surface area (Å²) in [6.07, 6.45) is -0.377. The van der Waals surface area contributed by atoms with Crippen LogP contribution in [-0.2, 0) is 9.47 Å². The van der Waals surface area contributed by atoms with E-state index in [2.05, 4.69) is 22.0 Å². The maximum absolute atomic E-state index is 12.1. The number of carboxylic acid groups (broad SMARTS) is 1. The molecule has 4 heterocycles. The number of pyridine rings is 1. The fourth-order valence-electron chi connectivity index (χ4n) is 5.12. The molecule has 2 aromatic heterocycles. The summed E-state index contributed by atoms with van der Waals surface area (Å²) in [6, 6.07) is 19.3. The van der Waals surface area contributed by atoms with Crippen LogP contribution in [0.15, 0.2) is 60.7 Å². The number of carbonyl (C=O) groups is 2. The van der Waals surface area contributed by atoms with Crippen LogP contribution < -0.4 is 4.90 Å². The predicted molar refractivity (Wildman–Crippen MR) is 141 cm³/mol. The summed E-state index contributed by atoms with van der Waals surface area (Å²) in [7, 11) is 1.37. The second-order valence-corrected chi connectivity index (χ2v) is 9.41. The normalized spacial score (nSPS) is 15.9. The molecule has 1 N–H and O–H groups in total. The number of anilines is 1. The number of hydrogen-bond acceptors (Lipinski definition) is 7. The van der Waals surface area contributed by atoms with Gasteiger partial charge in [0.05, 0.1) is 37.1 Å². The highest BCUT2D eigenvalue weighted by Crippen LogP contribution is 2.39. The van der Waals surface area contributed by atoms with E-state index >= 15 is 0 Å². The molecule has 0 radical (unpaired) electrons. The van der Waals surface area contributed by atoms with Crippen LogP contribution in [-0.4, -0.2) is 83.3 Å². The summed E-state index contributed by atoms with van der Waals surface area (Å²) >= 11 is 0. The lowest BCUT2D eigenvalue weighted by Gasteiger charge is -2.37. The molecule has 10 heteroatoms. The summed E-state index contributed by atoms with van der Waals surface area (Å²) in [6.45, 7) is 3.97. The third-order valence-electron chi connectivity index (χ3n) is 7.14. The molecule has 0 aliphatic carbocycles. The Morgan fingerprint density at radius 3 is 2.37 bits per heavy atom. The van der Waals surface area contributed by atoms with Crippen molar-refractivity contribution in [3.8, 4) is 16.8 Å². The first kappa shape index (κ1) is 23.9. The van der Waals surface area contributed by atoms with Crippen molar-refractivity contribution in [1.82, 2.24) is 19.7 Å². The maximum Gasteiger partial charge on any atom is 0.409 e. The van der Waals surface area contributed by atoms with Gasteiger partial charge in [0.1, 0.15) is 0 Å². The summed E-state index contributed by atoms with van der Waals surface area (Å²) in [4.78, 5) is 32.6. The summed E-state index contributed by atoms with van der Waals surface area (Å²) < 4.78 is 12.0. The topological polar surface area (TPSA) is 110 Å². The molecule has 2 aliphatic rings. The zero-order chi connectivity index (χ0) is 26.2. The molecule has 0 saturated carbocycles. The van der Waals surface area contributed by atoms with E-state index in [0.717, 1.165) is 46.7 Å². The minimum absolute atomic E-state index is 0.0367. The Hall–Kier alpha value is -4.44. The van der Waals surface area contributed by atoms with Gasteiger partial charge in [0.15, 0.2) is 11.3 Å². The highest BCUT2D eigenvalue weighted by Gasteiger charge is 2.37. The van der Waals surface area contributed by atoms with Crippen LogP contribution in [0.2, 0.25) is 0 Å². The number of hydrogen-bond donors (Lipinski definition) is 1. The molecule has 0 unspecified atom stereocenters. The molecule has 194 valence electrons. The molecular formula is C28H27N5O5. The first-order chi connectivity index (χ1) is 18.5. The molecule has 2 saturated heterocycles. The highest BCUT2D eigenvalue weighted by atomic mass is 16.5. The third-order valence-corrected chi connectivity index (χ3v) is 7.14. The number of rotatable bonds is 5. The molecule has 0 atom stereocenters. The Morgan fingerprint density at radius 2 is 1.71 bits per heavy atom. The van der Waals surface area contributed by atoms with Gasteiger partial charge in [-0.05, 0) is 41.5 Å². The van der Waals surface area contributed by atoms with Crippen LogP contribution in [0.3, 0.4) is 0 Å². The van der Waals surface area contributed by atoms with Gasteiger partial charge in [-0.1, -0.05) is 30.3 Å². The standard InChI is InChI=1S/C28H27N5O5/c1-37-28(36)32-16-19(17-32)25-24-22(18-7-9-20(10-8-18)31-11-13-38-14-12-31)15-23(27(34)35)29-26(24)33(30-25)21-5-3-2-4-6-21/h2-10,15,19H,11-14,16-17H2,1H3,(H,34,35). The average Bonchev–Trinajstić information content (AvgIpc) is 3.32. The van der Waals surface area contributed by atoms with E-state index in [1.807, 2.05) is 42.5 Å². The van der Waals surface area contributed by atoms with Gasteiger partial charge >= 0.3 is 12.1 Å². The van der Waals surface area contributed by atoms with E-state index in [4.69, 9.17) is 14.6 Å². The van der Waals surface area contributed by atoms with Gasteiger partial charge in [0, 0.05) is 37.8 Å². The molecule has 6 rings (SSSR count). The fourth-order valence-corrected chi connectivity index (χ4v) is 5.12. The van der Waals surface area contributed by atoms with Gasteiger partial charge in [-0.25, -0.2) is 19.3 Å². The van der Waals surface area contributed by atoms with Crippen molar-refractivity contribution >= 4 is 28.8 Å². The predicted octanol–water partition coefficient (Wildman–Crippen LogP) is 3.79. The number of aromatic carboxylic acids is 1. The van der Waals surface area contributed by atoms with Crippen molar-refractivity contribution in [2.75, 3.05) is 51.4 Å². The minimum Gasteiger partial charge on any atom is -0.477 e. The van der Waals surface area contributed by atoms with Gasteiger partial charge in [0.2, 0.25) is 0 Å². The Bertz CT molecular complexity index is 1490. The second kappa shape index (κ2) is 9.79. The van der Waals surface area contributed by atoms with E-state index in [0.29, 0.717) is 32.0 Å². The van der Waals surface area contributed by atoms with Crippen molar-refractivity contribution in [2.24, 2.45) is 0 Å². The molecule has 0 spiro atoms. The monoisotopic (exact) mass is 513 g/mol. The summed E-state index contributed by atoms with van der Waals surface area (Å²) in [5.41, 5.74) is 4.67. The van der Waals surface area contributed by atoms with E-state index in [-0.39, 0.29) is 17.7 Å². The van der Waals surface area contributed by atoms with Crippen molar-refractivity contribution in [3.63, 3.8) is 0 Å². The molecule has 10 nitrogen and oxygen atoms in total. The number of amides is 1. The van der Waals surface area contributed by atoms with Gasteiger partial charge in [-0.3, -0.25) is 0 Å². The highest BCUT2D eigenvalue weighted by molar-refractivity contribution is 6.00. The lowest BCUT2D eigenvalue weighted by atomic mass is 9.91. The summed E-state index contributed by atoms with van der Waals surface area (Å²) in [5.74, 6) is -1.15. The van der Waals surface area contributed by atoms with E-state index in [1.165, 1.54) is 7.11 Å². The molecule has 4 aromatic rings. The van der Waals surface area contributed by atoms with E-state index < -0.39 is 5.97 Å². The van der Waals surface area contributed by atoms with Crippen molar-refractivity contribution in [1.29, 1.82) is 0 Å². The van der Waals surface area contributed by atoms with Crippen molar-refractivity contribution in [2.45, 2.75) is 5.92 Å². The Balaban J connectivity index is 1.50. The van der Waals surface area contributed by atoms with Crippen LogP contribution >= 0.6 is 0 Å². The number of carboxylic acids is 1. The number of fused-ring (bicyclic) bond motifs is 1. The number of methoxy groups -OCH3 is 1. The first-order valence-corrected chi connectivity index (χ1v) is 12.5. The third kappa shape index (κ3) is 4.22. The number of aromatic nitrogens is 3. The SMILES string of the molecule is COC(=O)N1CC(c2nn(-c3ccccc3)c3nc(C(=O)O)cc(-c4ccc(N5CCOCC5)cc4)c23)C1. The van der Waals surface area contributed by atoms with Crippen LogP contribution in [0.25, 0.3) is 27.8 Å². The molecule has 2 aliphatic heterocycles. The number of ether oxygens (including phenoxy) is 2. The molecule has 1 amide bonds. The Labute approximate surface area is 219 Å². The average molecular weight is 514 g/mol. The molecule has 38 heavy (non-hydrogen) atoms. The largest absolute Gasteiger partial charge is 0.477 e. The number of morpholine rings is 1. The van der Waals surface area contributed by atoms with Crippen LogP contribution in [0, 0.1) is 0 Å². The summed E-state index contributed by atoms with van der Waals surface area (Å²) in [5, 5.41) is 15.6. The van der Waals surface area contributed by atoms with Gasteiger partial charge < -0.3 is 24.4 Å². The van der Waals surface area contributed by atoms with Gasteiger partial charge in [-0.2, -0.15) is 5.10 Å². The molecule has 0 bridgehead atoms. The minimum atomic E-state index is -1.11. The van der Waals surface area contributed by atoms with Crippen molar-refractivity contribution < 1.29 is 24.2 Å². The van der Waals surface area contributed by atoms with Crippen LogP contribution in [0.5, 0.6) is 0 Å². The lowest BCUT2D eigenvalue weighted by molar-refractivity contribution is 0.0690. The van der Waals surface area contributed by atoms with Gasteiger partial charge in [0.25, 0.3) is 0 Å². The van der Waals surface area contributed by atoms with E-state index in [9.17, 15) is 14.7 Å². The fraction of sp³-hybridized carbons (Fsp3) is 0.286. The number of nitrogens with zero attached hydrogens (tertiary/aromatic N) is 5. The first-order valence-electron chi connectivity index (χ1n) is 12.5. The molecule has 2 aromatic carbocycles. The number of likely N-dealkylation sites (tertiary alicyclic amines) is 1. The Morgan fingerprint density at radius 1 is 1.00 bits per heavy atom. The molecular weight excluding hydrogens is 486 g/mol. The number of para-hydroxylation sites is 1. The van der Waals surface area contributed by atoms with Gasteiger partial charge in [-0.15, -0.1) is 0 Å². The van der Waals surface area contributed by atoms with E-state index in [1.54, 1.807) is 15.6 Å². The van der Waals surface area contributed by atoms with Crippen molar-refractivity contribution in [3.05, 3.63) is 72.1 Å². The van der Waals surface area contributed by atoms with Crippen LogP contribution in [0.1, 0.15) is 22.1 Å². The lowest BCUT2D eigenvalue weighted by Crippen LogP contribution is -2.48. The Kier molecular flexibility index (Phi) is 6.16.